The third-order valence-electron chi connectivity index (χ3n) is 5.53. The minimum atomic E-state index is -3.06. The van der Waals surface area contributed by atoms with Gasteiger partial charge in [-0.15, -0.1) is 0 Å². The van der Waals surface area contributed by atoms with Crippen LogP contribution in [0.4, 0.5) is 20.2 Å². The summed E-state index contributed by atoms with van der Waals surface area (Å²) in [5.74, 6) is -0.0542. The zero-order chi connectivity index (χ0) is 22.2. The van der Waals surface area contributed by atoms with E-state index >= 15 is 0 Å². The molecule has 0 aromatic heterocycles. The number of morpholine rings is 1. The van der Waals surface area contributed by atoms with E-state index in [2.05, 4.69) is 27.4 Å². The van der Waals surface area contributed by atoms with E-state index < -0.39 is 6.61 Å². The lowest BCUT2D eigenvalue weighted by atomic mass is 9.85. The van der Waals surface area contributed by atoms with Gasteiger partial charge in [0.2, 0.25) is 5.91 Å². The van der Waals surface area contributed by atoms with Crippen molar-refractivity contribution in [2.45, 2.75) is 39.2 Å². The summed E-state index contributed by atoms with van der Waals surface area (Å²) < 4.78 is 35.5. The first-order chi connectivity index (χ1) is 15.0. The Hall–Kier alpha value is -2.30. The number of hydrogen-bond donors (Lipinski definition) is 2. The van der Waals surface area contributed by atoms with Gasteiger partial charge in [-0.2, -0.15) is 8.78 Å². The van der Waals surface area contributed by atoms with E-state index in [4.69, 9.17) is 4.74 Å². The first-order valence-corrected chi connectivity index (χ1v) is 10.7. The van der Waals surface area contributed by atoms with E-state index in [9.17, 15) is 18.4 Å². The summed E-state index contributed by atoms with van der Waals surface area (Å²) in [5, 5.41) is 4.74. The van der Waals surface area contributed by atoms with Crippen LogP contribution in [-0.2, 0) is 14.3 Å². The van der Waals surface area contributed by atoms with Crippen molar-refractivity contribution in [3.05, 3.63) is 18.2 Å². The second kappa shape index (κ2) is 11.4. The van der Waals surface area contributed by atoms with Crippen LogP contribution < -0.4 is 20.4 Å². The van der Waals surface area contributed by atoms with Gasteiger partial charge in [-0.3, -0.25) is 15.0 Å². The van der Waals surface area contributed by atoms with Gasteiger partial charge >= 0.3 is 6.61 Å². The molecule has 2 amide bonds. The molecule has 1 aliphatic carbocycles. The first kappa shape index (κ1) is 23.4. The normalized spacial score (nSPS) is 17.2. The van der Waals surface area contributed by atoms with E-state index in [1.54, 1.807) is 6.07 Å². The van der Waals surface area contributed by atoms with Crippen LogP contribution in [0.15, 0.2) is 18.2 Å². The van der Waals surface area contributed by atoms with E-state index in [1.807, 2.05) is 0 Å². The second-order valence-corrected chi connectivity index (χ2v) is 7.70. The Kier molecular flexibility index (Phi) is 8.56. The Balaban J connectivity index is 1.57. The van der Waals surface area contributed by atoms with Crippen molar-refractivity contribution in [1.29, 1.82) is 0 Å². The average Bonchev–Trinajstić information content (AvgIpc) is 2.70. The summed E-state index contributed by atoms with van der Waals surface area (Å²) in [7, 11) is 0. The highest BCUT2D eigenvalue weighted by atomic mass is 19.3. The van der Waals surface area contributed by atoms with E-state index in [-0.39, 0.29) is 36.3 Å². The summed E-state index contributed by atoms with van der Waals surface area (Å²) in [6.45, 7) is 1.86. The fourth-order valence-electron chi connectivity index (χ4n) is 3.60. The molecule has 3 rings (SSSR count). The maximum atomic E-state index is 12.9. The molecule has 2 aliphatic rings. The third kappa shape index (κ3) is 6.84. The number of benzene rings is 1. The van der Waals surface area contributed by atoms with Crippen LogP contribution >= 0.6 is 0 Å². The summed E-state index contributed by atoms with van der Waals surface area (Å²) in [6, 6.07) is 4.39. The summed E-state index contributed by atoms with van der Waals surface area (Å²) in [6.07, 6.45) is 3.96. The highest BCUT2D eigenvalue weighted by Gasteiger charge is 2.23. The molecule has 2 fully saturated rings. The SMILES string of the molecule is CCN(CC1CCC1)NCCC(=O)Nc1ccc(N2CCOCC2=O)cc1OC(F)F. The Morgan fingerprint density at radius 2 is 2.19 bits per heavy atom. The lowest BCUT2D eigenvalue weighted by Gasteiger charge is -2.32. The van der Waals surface area contributed by atoms with Gasteiger partial charge in [0.15, 0.2) is 5.75 Å². The molecule has 1 aromatic rings. The van der Waals surface area contributed by atoms with Crippen LogP contribution in [-0.4, -0.2) is 62.8 Å². The molecule has 1 heterocycles. The van der Waals surface area contributed by atoms with Gasteiger partial charge in [0, 0.05) is 44.4 Å². The van der Waals surface area contributed by atoms with Crippen molar-refractivity contribution < 1.29 is 27.8 Å². The van der Waals surface area contributed by atoms with Crippen molar-refractivity contribution >= 4 is 23.2 Å². The molecule has 0 spiro atoms. The predicted molar refractivity (Wildman–Crippen MR) is 112 cm³/mol. The lowest BCUT2D eigenvalue weighted by Crippen LogP contribution is -2.43. The van der Waals surface area contributed by atoms with E-state index in [0.29, 0.717) is 31.3 Å². The van der Waals surface area contributed by atoms with E-state index in [0.717, 1.165) is 13.1 Å². The van der Waals surface area contributed by atoms with Crippen LogP contribution in [0.25, 0.3) is 0 Å². The first-order valence-electron chi connectivity index (χ1n) is 10.7. The number of alkyl halides is 2. The number of nitrogens with one attached hydrogen (secondary N) is 2. The standard InChI is InChI=1S/C21H30F2N4O4/c1-2-26(13-15-4-3-5-15)24-9-8-19(28)25-17-7-6-16(12-18(17)31-21(22)23)27-10-11-30-14-20(27)29/h6-7,12,15,21,24H,2-5,8-11,13-14H2,1H3,(H,25,28). The van der Waals surface area contributed by atoms with Crippen LogP contribution in [0.2, 0.25) is 0 Å². The summed E-state index contributed by atoms with van der Waals surface area (Å²) in [5.41, 5.74) is 3.80. The van der Waals surface area contributed by atoms with Crippen LogP contribution in [0, 0.1) is 5.92 Å². The fourth-order valence-corrected chi connectivity index (χ4v) is 3.60. The molecular weight excluding hydrogens is 410 g/mol. The number of amides is 2. The fraction of sp³-hybridized carbons (Fsp3) is 0.619. The minimum absolute atomic E-state index is 0.0634. The zero-order valence-electron chi connectivity index (χ0n) is 17.7. The number of rotatable bonds is 11. The van der Waals surface area contributed by atoms with Crippen molar-refractivity contribution in [2.75, 3.05) is 49.6 Å². The molecule has 10 heteroatoms. The Labute approximate surface area is 180 Å². The topological polar surface area (TPSA) is 83.1 Å². The molecule has 0 atom stereocenters. The minimum Gasteiger partial charge on any atom is -0.433 e. The maximum Gasteiger partial charge on any atom is 0.387 e. The van der Waals surface area contributed by atoms with Crippen molar-refractivity contribution in [3.63, 3.8) is 0 Å². The number of nitrogens with zero attached hydrogens (tertiary/aromatic N) is 2. The molecule has 1 aliphatic heterocycles. The number of carbonyl (C=O) groups is 2. The molecule has 0 radical (unpaired) electrons. The number of ether oxygens (including phenoxy) is 2. The lowest BCUT2D eigenvalue weighted by molar-refractivity contribution is -0.125. The smallest absolute Gasteiger partial charge is 0.387 e. The number of hydrazine groups is 1. The van der Waals surface area contributed by atoms with Gasteiger partial charge in [-0.05, 0) is 30.9 Å². The molecule has 1 aromatic carbocycles. The van der Waals surface area contributed by atoms with Crippen molar-refractivity contribution in [3.8, 4) is 5.75 Å². The number of hydrogen-bond acceptors (Lipinski definition) is 6. The molecule has 0 unspecified atom stereocenters. The highest BCUT2D eigenvalue weighted by molar-refractivity contribution is 5.96. The van der Waals surface area contributed by atoms with Crippen LogP contribution in [0.3, 0.4) is 0 Å². The molecule has 1 saturated heterocycles. The molecular formula is C21H30F2N4O4. The van der Waals surface area contributed by atoms with Gasteiger partial charge in [-0.1, -0.05) is 13.3 Å². The Bertz CT molecular complexity index is 761. The summed E-state index contributed by atoms with van der Waals surface area (Å²) >= 11 is 0. The highest BCUT2D eigenvalue weighted by Crippen LogP contribution is 2.32. The maximum absolute atomic E-state index is 12.9. The van der Waals surface area contributed by atoms with Gasteiger partial charge in [0.25, 0.3) is 5.91 Å². The second-order valence-electron chi connectivity index (χ2n) is 7.70. The molecule has 2 N–H and O–H groups in total. The quantitative estimate of drug-likeness (QED) is 0.515. The predicted octanol–water partition coefficient (Wildman–Crippen LogP) is 2.61. The molecule has 8 nitrogen and oxygen atoms in total. The number of anilines is 2. The van der Waals surface area contributed by atoms with Crippen LogP contribution in [0.1, 0.15) is 32.6 Å². The van der Waals surface area contributed by atoms with Gasteiger partial charge in [-0.25, -0.2) is 5.01 Å². The number of halogens is 2. The molecule has 1 saturated carbocycles. The Morgan fingerprint density at radius 1 is 1.39 bits per heavy atom. The summed E-state index contributed by atoms with van der Waals surface area (Å²) in [4.78, 5) is 25.8. The zero-order valence-corrected chi connectivity index (χ0v) is 17.7. The van der Waals surface area contributed by atoms with Crippen molar-refractivity contribution in [1.82, 2.24) is 10.4 Å². The largest absolute Gasteiger partial charge is 0.433 e. The van der Waals surface area contributed by atoms with Gasteiger partial charge < -0.3 is 19.7 Å². The monoisotopic (exact) mass is 440 g/mol. The average molecular weight is 440 g/mol. The number of carbonyl (C=O) groups excluding carboxylic acids is 2. The Morgan fingerprint density at radius 3 is 2.84 bits per heavy atom. The van der Waals surface area contributed by atoms with Gasteiger partial charge in [0.1, 0.15) is 6.61 Å². The molecule has 31 heavy (non-hydrogen) atoms. The van der Waals surface area contributed by atoms with Crippen LogP contribution in [0.5, 0.6) is 5.75 Å². The van der Waals surface area contributed by atoms with Gasteiger partial charge in [0.05, 0.1) is 12.3 Å². The van der Waals surface area contributed by atoms with E-state index in [1.165, 1.54) is 36.3 Å². The third-order valence-corrected chi connectivity index (χ3v) is 5.53. The van der Waals surface area contributed by atoms with Crippen molar-refractivity contribution in [2.24, 2.45) is 5.92 Å². The molecule has 172 valence electrons. The molecule has 0 bridgehead atoms.